The zero-order valence-corrected chi connectivity index (χ0v) is 12.4. The summed E-state index contributed by atoms with van der Waals surface area (Å²) in [6.45, 7) is -0.510. The monoisotopic (exact) mass is 292 g/mol. The fraction of sp³-hybridized carbons (Fsp3) is 0.333. The Balaban J connectivity index is 2.63. The average Bonchev–Trinajstić information content (AvgIpc) is 2.50. The van der Waals surface area contributed by atoms with Gasteiger partial charge in [-0.3, -0.25) is 4.79 Å². The van der Waals surface area contributed by atoms with E-state index in [1.807, 2.05) is 43.3 Å². The molecule has 0 aliphatic heterocycles. The predicted molar refractivity (Wildman–Crippen MR) is 80.8 cm³/mol. The number of methoxy groups -OCH3 is 1. The number of amides is 1. The summed E-state index contributed by atoms with van der Waals surface area (Å²) in [6.07, 6.45) is 2.93. The summed E-state index contributed by atoms with van der Waals surface area (Å²) in [4.78, 5) is 24.9. The molecule has 1 aromatic carbocycles. The molecule has 6 nitrogen and oxygen atoms in total. The molecule has 1 unspecified atom stereocenters. The maximum absolute atomic E-state index is 11.7. The van der Waals surface area contributed by atoms with Gasteiger partial charge in [0, 0.05) is 25.9 Å². The van der Waals surface area contributed by atoms with Crippen LogP contribution in [0.1, 0.15) is 5.56 Å². The lowest BCUT2D eigenvalue weighted by Crippen LogP contribution is -2.43. The van der Waals surface area contributed by atoms with E-state index in [0.29, 0.717) is 0 Å². The molecule has 0 heterocycles. The van der Waals surface area contributed by atoms with Gasteiger partial charge in [-0.25, -0.2) is 4.79 Å². The predicted octanol–water partition coefficient (Wildman–Crippen LogP) is 0.416. The smallest absolute Gasteiger partial charge is 0.330 e. The second-order valence-electron chi connectivity index (χ2n) is 4.59. The number of hydrogen-bond donors (Lipinski definition) is 2. The van der Waals surface area contributed by atoms with Crippen LogP contribution in [0.2, 0.25) is 0 Å². The molecule has 2 N–H and O–H groups in total. The Morgan fingerprint density at radius 2 is 1.95 bits per heavy atom. The second kappa shape index (κ2) is 8.06. The summed E-state index contributed by atoms with van der Waals surface area (Å²) >= 11 is 0. The van der Waals surface area contributed by atoms with Crippen LogP contribution in [0.15, 0.2) is 30.3 Å². The van der Waals surface area contributed by atoms with Crippen molar-refractivity contribution in [2.75, 3.05) is 32.7 Å². The molecule has 0 radical (unpaired) electrons. The van der Waals surface area contributed by atoms with E-state index >= 15 is 0 Å². The van der Waals surface area contributed by atoms with Crippen molar-refractivity contribution in [3.05, 3.63) is 35.9 Å². The number of aliphatic hydroxyl groups is 1. The number of benzene rings is 1. The number of anilines is 1. The zero-order valence-electron chi connectivity index (χ0n) is 12.4. The summed E-state index contributed by atoms with van der Waals surface area (Å²) in [6, 6.07) is 6.57. The first kappa shape index (κ1) is 16.7. The highest BCUT2D eigenvalue weighted by Crippen LogP contribution is 2.12. The summed E-state index contributed by atoms with van der Waals surface area (Å²) < 4.78 is 4.46. The molecular formula is C15H20N2O4. The maximum Gasteiger partial charge on any atom is 0.330 e. The number of nitrogens with zero attached hydrogens (tertiary/aromatic N) is 1. The average molecular weight is 292 g/mol. The molecule has 0 saturated heterocycles. The molecule has 1 amide bonds. The van der Waals surface area contributed by atoms with Crippen LogP contribution < -0.4 is 10.2 Å². The quantitative estimate of drug-likeness (QED) is 0.587. The van der Waals surface area contributed by atoms with Crippen molar-refractivity contribution in [2.45, 2.75) is 6.04 Å². The molecular weight excluding hydrogens is 272 g/mol. The highest BCUT2D eigenvalue weighted by Gasteiger charge is 2.18. The van der Waals surface area contributed by atoms with E-state index in [2.05, 4.69) is 10.1 Å². The van der Waals surface area contributed by atoms with E-state index in [4.69, 9.17) is 5.11 Å². The van der Waals surface area contributed by atoms with E-state index < -0.39 is 24.5 Å². The number of hydrogen-bond acceptors (Lipinski definition) is 5. The fourth-order valence-electron chi connectivity index (χ4n) is 1.60. The Bertz CT molecular complexity index is 509. The first-order valence-corrected chi connectivity index (χ1v) is 6.42. The van der Waals surface area contributed by atoms with E-state index in [-0.39, 0.29) is 0 Å². The molecule has 0 aliphatic rings. The Hall–Kier alpha value is -2.34. The van der Waals surface area contributed by atoms with E-state index in [1.54, 1.807) is 6.08 Å². The van der Waals surface area contributed by atoms with Gasteiger partial charge in [-0.2, -0.15) is 0 Å². The van der Waals surface area contributed by atoms with Crippen LogP contribution in [0, 0.1) is 0 Å². The van der Waals surface area contributed by atoms with E-state index in [0.717, 1.165) is 11.3 Å². The van der Waals surface area contributed by atoms with Crippen molar-refractivity contribution in [1.29, 1.82) is 0 Å². The zero-order chi connectivity index (χ0) is 15.8. The lowest BCUT2D eigenvalue weighted by atomic mass is 10.2. The molecule has 114 valence electrons. The van der Waals surface area contributed by atoms with Gasteiger partial charge in [0.2, 0.25) is 5.91 Å². The van der Waals surface area contributed by atoms with Gasteiger partial charge in [-0.05, 0) is 23.8 Å². The largest absolute Gasteiger partial charge is 0.467 e. The van der Waals surface area contributed by atoms with Crippen LogP contribution in [-0.4, -0.2) is 50.8 Å². The molecule has 1 aromatic rings. The van der Waals surface area contributed by atoms with Gasteiger partial charge < -0.3 is 20.1 Å². The Morgan fingerprint density at radius 3 is 2.43 bits per heavy atom. The van der Waals surface area contributed by atoms with E-state index in [1.165, 1.54) is 13.2 Å². The highest BCUT2D eigenvalue weighted by atomic mass is 16.5. The number of ether oxygens (including phenoxy) is 1. The molecule has 0 saturated carbocycles. The molecule has 21 heavy (non-hydrogen) atoms. The molecule has 0 spiro atoms. The Labute approximate surface area is 124 Å². The normalized spacial score (nSPS) is 12.0. The molecule has 0 bridgehead atoms. The standard InChI is InChI=1S/C15H20N2O4/c1-17(2)12-7-4-11(5-8-12)6-9-14(19)16-13(10-18)15(20)21-3/h4-9,13,18H,10H2,1-3H3,(H,16,19)/b9-6+. The number of rotatable bonds is 6. The van der Waals surface area contributed by atoms with Crippen LogP contribution in [0.4, 0.5) is 5.69 Å². The Kier molecular flexibility index (Phi) is 6.42. The molecule has 0 aliphatic carbocycles. The second-order valence-corrected chi connectivity index (χ2v) is 4.59. The Morgan fingerprint density at radius 1 is 1.33 bits per heavy atom. The molecule has 1 atom stereocenters. The van der Waals surface area contributed by atoms with Crippen LogP contribution in [0.3, 0.4) is 0 Å². The third kappa shape index (κ3) is 5.27. The number of nitrogens with one attached hydrogen (secondary N) is 1. The van der Waals surface area contributed by atoms with Crippen molar-refractivity contribution in [3.8, 4) is 0 Å². The lowest BCUT2D eigenvalue weighted by Gasteiger charge is -2.12. The van der Waals surface area contributed by atoms with Gasteiger partial charge >= 0.3 is 5.97 Å². The number of aliphatic hydroxyl groups excluding tert-OH is 1. The SMILES string of the molecule is COC(=O)C(CO)NC(=O)/C=C/c1ccc(N(C)C)cc1. The highest BCUT2D eigenvalue weighted by molar-refractivity contribution is 5.94. The van der Waals surface area contributed by atoms with Crippen molar-refractivity contribution < 1.29 is 19.4 Å². The van der Waals surface area contributed by atoms with Crippen molar-refractivity contribution in [1.82, 2.24) is 5.32 Å². The van der Waals surface area contributed by atoms with Gasteiger partial charge in [-0.15, -0.1) is 0 Å². The lowest BCUT2D eigenvalue weighted by molar-refractivity contribution is -0.145. The summed E-state index contributed by atoms with van der Waals surface area (Å²) in [5.41, 5.74) is 1.91. The minimum atomic E-state index is -1.05. The van der Waals surface area contributed by atoms with Gasteiger partial charge in [-0.1, -0.05) is 12.1 Å². The third-order valence-electron chi connectivity index (χ3n) is 2.82. The first-order valence-electron chi connectivity index (χ1n) is 6.42. The summed E-state index contributed by atoms with van der Waals surface area (Å²) in [7, 11) is 5.08. The van der Waals surface area contributed by atoms with Crippen LogP contribution in [0.5, 0.6) is 0 Å². The third-order valence-corrected chi connectivity index (χ3v) is 2.82. The number of esters is 1. The minimum Gasteiger partial charge on any atom is -0.467 e. The maximum atomic E-state index is 11.7. The molecule has 1 rings (SSSR count). The van der Waals surface area contributed by atoms with Crippen LogP contribution >= 0.6 is 0 Å². The molecule has 6 heteroatoms. The fourth-order valence-corrected chi connectivity index (χ4v) is 1.60. The topological polar surface area (TPSA) is 78.9 Å². The van der Waals surface area contributed by atoms with Crippen molar-refractivity contribution in [2.24, 2.45) is 0 Å². The number of carbonyl (C=O) groups excluding carboxylic acids is 2. The minimum absolute atomic E-state index is 0.476. The van der Waals surface area contributed by atoms with E-state index in [9.17, 15) is 9.59 Å². The molecule has 0 fully saturated rings. The number of carbonyl (C=O) groups is 2. The summed E-state index contributed by atoms with van der Waals surface area (Å²) in [5.74, 6) is -1.16. The van der Waals surface area contributed by atoms with Gasteiger partial charge in [0.05, 0.1) is 13.7 Å². The van der Waals surface area contributed by atoms with Crippen molar-refractivity contribution >= 4 is 23.6 Å². The van der Waals surface area contributed by atoms with Gasteiger partial charge in [0.1, 0.15) is 0 Å². The van der Waals surface area contributed by atoms with Crippen molar-refractivity contribution in [3.63, 3.8) is 0 Å². The molecule has 0 aromatic heterocycles. The van der Waals surface area contributed by atoms with Gasteiger partial charge in [0.15, 0.2) is 6.04 Å². The van der Waals surface area contributed by atoms with Gasteiger partial charge in [0.25, 0.3) is 0 Å². The van der Waals surface area contributed by atoms with Crippen LogP contribution in [-0.2, 0) is 14.3 Å². The van der Waals surface area contributed by atoms with Crippen LogP contribution in [0.25, 0.3) is 6.08 Å². The summed E-state index contributed by atoms with van der Waals surface area (Å²) in [5, 5.41) is 11.4. The first-order chi connectivity index (χ1) is 9.97.